The summed E-state index contributed by atoms with van der Waals surface area (Å²) >= 11 is 1.85. The molecule has 0 aliphatic rings. The van der Waals surface area contributed by atoms with Crippen molar-refractivity contribution in [1.29, 1.82) is 0 Å². The van der Waals surface area contributed by atoms with Gasteiger partial charge in [-0.25, -0.2) is 0 Å². The molecule has 0 bridgehead atoms. The number of para-hydroxylation sites is 2. The third-order valence-corrected chi connectivity index (χ3v) is 8.17. The Morgan fingerprint density at radius 3 is 2.20 bits per heavy atom. The summed E-state index contributed by atoms with van der Waals surface area (Å²) in [6.07, 6.45) is 3.90. The van der Waals surface area contributed by atoms with Gasteiger partial charge in [-0.1, -0.05) is 54.6 Å². The van der Waals surface area contributed by atoms with Crippen LogP contribution >= 0.6 is 11.3 Å². The molecule has 0 atom stereocenters. The van der Waals surface area contributed by atoms with Crippen LogP contribution in [-0.2, 0) is 0 Å². The Hall–Kier alpha value is -4.41. The van der Waals surface area contributed by atoms with Gasteiger partial charge >= 0.3 is 0 Å². The van der Waals surface area contributed by atoms with Gasteiger partial charge < -0.3 is 9.13 Å². The Kier molecular flexibility index (Phi) is 3.82. The van der Waals surface area contributed by atoms with E-state index in [1.54, 1.807) is 0 Å². The number of hydrogen-bond donors (Lipinski definition) is 0. The lowest BCUT2D eigenvalue weighted by Gasteiger charge is -2.09. The molecule has 0 aliphatic carbocycles. The maximum Gasteiger partial charge on any atom is 0.109 e. The second-order valence-corrected chi connectivity index (χ2v) is 9.93. The zero-order chi connectivity index (χ0) is 22.9. The smallest absolute Gasteiger partial charge is 0.109 e. The van der Waals surface area contributed by atoms with Gasteiger partial charge in [-0.15, -0.1) is 11.3 Å². The van der Waals surface area contributed by atoms with Crippen LogP contribution in [0, 0.1) is 0 Å². The van der Waals surface area contributed by atoms with E-state index in [-0.39, 0.29) is 0 Å². The summed E-state index contributed by atoms with van der Waals surface area (Å²) in [6, 6.07) is 37.0. The molecule has 35 heavy (non-hydrogen) atoms. The zero-order valence-corrected chi connectivity index (χ0v) is 19.5. The standard InChI is InChI=1S/C31H19N3S/c1-2-8-20(9-3-1)33-26-12-6-4-10-22(26)24-18-21(14-15-27(24)33)34-28-16-17-32-19-25(28)30-23-11-5-7-13-29(23)35-31(30)34/h1-19H. The SMILES string of the molecule is c1ccc(-n2c3ccccc3c3cc(-n4c5ccncc5c5c6ccccc6sc54)ccc32)cc1. The second-order valence-electron chi connectivity index (χ2n) is 8.90. The molecule has 8 rings (SSSR count). The van der Waals surface area contributed by atoms with E-state index in [4.69, 9.17) is 0 Å². The van der Waals surface area contributed by atoms with E-state index >= 15 is 0 Å². The molecule has 4 aromatic carbocycles. The number of hydrogen-bond acceptors (Lipinski definition) is 2. The van der Waals surface area contributed by atoms with E-state index in [0.29, 0.717) is 0 Å². The summed E-state index contributed by atoms with van der Waals surface area (Å²) in [5.41, 5.74) is 5.98. The molecule has 0 spiro atoms. The third-order valence-electron chi connectivity index (χ3n) is 7.02. The van der Waals surface area contributed by atoms with Gasteiger partial charge in [-0.2, -0.15) is 0 Å². The second kappa shape index (κ2) is 7.05. The van der Waals surface area contributed by atoms with Crippen molar-refractivity contribution >= 4 is 64.3 Å². The summed E-state index contributed by atoms with van der Waals surface area (Å²) in [6.45, 7) is 0. The number of nitrogens with zero attached hydrogens (tertiary/aromatic N) is 3. The van der Waals surface area contributed by atoms with Crippen LogP contribution in [0.4, 0.5) is 0 Å². The highest BCUT2D eigenvalue weighted by Crippen LogP contribution is 2.42. The molecule has 8 aromatic rings. The van der Waals surface area contributed by atoms with Crippen molar-refractivity contribution in [1.82, 2.24) is 14.1 Å². The van der Waals surface area contributed by atoms with Crippen molar-refractivity contribution in [3.63, 3.8) is 0 Å². The molecular weight excluding hydrogens is 446 g/mol. The summed E-state index contributed by atoms with van der Waals surface area (Å²) < 4.78 is 6.07. The number of pyridine rings is 1. The van der Waals surface area contributed by atoms with Crippen molar-refractivity contribution in [2.75, 3.05) is 0 Å². The summed E-state index contributed by atoms with van der Waals surface area (Å²) in [5, 5.41) is 6.31. The van der Waals surface area contributed by atoms with Crippen LogP contribution in [0.1, 0.15) is 0 Å². The van der Waals surface area contributed by atoms with E-state index in [9.17, 15) is 0 Å². The van der Waals surface area contributed by atoms with Gasteiger partial charge in [0.05, 0.1) is 16.6 Å². The number of benzene rings is 4. The van der Waals surface area contributed by atoms with E-state index in [0.717, 1.165) is 0 Å². The van der Waals surface area contributed by atoms with Gasteiger partial charge in [-0.3, -0.25) is 4.98 Å². The van der Waals surface area contributed by atoms with Crippen molar-refractivity contribution in [3.05, 3.63) is 116 Å². The molecule has 0 aliphatic heterocycles. The minimum Gasteiger partial charge on any atom is -0.309 e. The van der Waals surface area contributed by atoms with Crippen LogP contribution < -0.4 is 0 Å². The Morgan fingerprint density at radius 1 is 0.543 bits per heavy atom. The first kappa shape index (κ1) is 19.0. The molecule has 164 valence electrons. The Labute approximate surface area is 205 Å². The normalized spacial score (nSPS) is 12.0. The first-order chi connectivity index (χ1) is 17.4. The molecule has 0 fully saturated rings. The van der Waals surface area contributed by atoms with E-state index in [2.05, 4.69) is 117 Å². The average Bonchev–Trinajstić information content (AvgIpc) is 3.55. The molecule has 0 N–H and O–H groups in total. The Bertz CT molecular complexity index is 2060. The third kappa shape index (κ3) is 2.57. The number of thiophene rings is 1. The monoisotopic (exact) mass is 465 g/mol. The van der Waals surface area contributed by atoms with Crippen molar-refractivity contribution in [2.45, 2.75) is 0 Å². The fraction of sp³-hybridized carbons (Fsp3) is 0. The predicted molar refractivity (Wildman–Crippen MR) is 148 cm³/mol. The van der Waals surface area contributed by atoms with E-state index < -0.39 is 0 Å². The summed E-state index contributed by atoms with van der Waals surface area (Å²) in [4.78, 5) is 5.74. The summed E-state index contributed by atoms with van der Waals surface area (Å²) in [5.74, 6) is 0. The molecule has 4 aromatic heterocycles. The van der Waals surface area contributed by atoms with Crippen LogP contribution in [0.15, 0.2) is 116 Å². The first-order valence-corrected chi connectivity index (χ1v) is 12.5. The maximum absolute atomic E-state index is 4.47. The van der Waals surface area contributed by atoms with Gasteiger partial charge in [0.15, 0.2) is 0 Å². The topological polar surface area (TPSA) is 22.8 Å². The molecular formula is C31H19N3S. The minimum absolute atomic E-state index is 1.17. The fourth-order valence-corrected chi connectivity index (χ4v) is 6.80. The molecule has 0 saturated carbocycles. The minimum atomic E-state index is 1.17. The highest BCUT2D eigenvalue weighted by Gasteiger charge is 2.19. The quantitative estimate of drug-likeness (QED) is 0.251. The van der Waals surface area contributed by atoms with Crippen LogP contribution in [0.3, 0.4) is 0 Å². The maximum atomic E-state index is 4.47. The molecule has 0 unspecified atom stereocenters. The van der Waals surface area contributed by atoms with Crippen molar-refractivity contribution in [2.24, 2.45) is 0 Å². The Morgan fingerprint density at radius 2 is 1.29 bits per heavy atom. The number of fused-ring (bicyclic) bond motifs is 8. The molecule has 4 heterocycles. The molecule has 4 heteroatoms. The van der Waals surface area contributed by atoms with Gasteiger partial charge in [0.2, 0.25) is 0 Å². The van der Waals surface area contributed by atoms with Gasteiger partial charge in [-0.05, 0) is 48.5 Å². The van der Waals surface area contributed by atoms with Crippen LogP contribution in [0.2, 0.25) is 0 Å². The highest BCUT2D eigenvalue weighted by molar-refractivity contribution is 7.25. The lowest BCUT2D eigenvalue weighted by Crippen LogP contribution is -1.95. The van der Waals surface area contributed by atoms with Crippen molar-refractivity contribution < 1.29 is 0 Å². The highest BCUT2D eigenvalue weighted by atomic mass is 32.1. The number of rotatable bonds is 2. The predicted octanol–water partition coefficient (Wildman–Crippen LogP) is 8.49. The summed E-state index contributed by atoms with van der Waals surface area (Å²) in [7, 11) is 0. The zero-order valence-electron chi connectivity index (χ0n) is 18.7. The lowest BCUT2D eigenvalue weighted by molar-refractivity contribution is 1.17. The Balaban J connectivity index is 1.49. The van der Waals surface area contributed by atoms with Crippen molar-refractivity contribution in [3.8, 4) is 11.4 Å². The fourth-order valence-electron chi connectivity index (χ4n) is 5.55. The largest absolute Gasteiger partial charge is 0.309 e. The van der Waals surface area contributed by atoms with Gasteiger partial charge in [0.1, 0.15) is 4.83 Å². The average molecular weight is 466 g/mol. The first-order valence-electron chi connectivity index (χ1n) is 11.7. The molecule has 3 nitrogen and oxygen atoms in total. The van der Waals surface area contributed by atoms with Gasteiger partial charge in [0.25, 0.3) is 0 Å². The van der Waals surface area contributed by atoms with E-state index in [1.165, 1.54) is 64.4 Å². The van der Waals surface area contributed by atoms with Gasteiger partial charge in [0, 0.05) is 55.4 Å². The molecule has 0 amide bonds. The van der Waals surface area contributed by atoms with E-state index in [1.807, 2.05) is 23.7 Å². The lowest BCUT2D eigenvalue weighted by atomic mass is 10.1. The van der Waals surface area contributed by atoms with Crippen LogP contribution in [-0.4, -0.2) is 14.1 Å². The molecule has 0 radical (unpaired) electrons. The number of aromatic nitrogens is 3. The molecule has 0 saturated heterocycles. The van der Waals surface area contributed by atoms with Crippen LogP contribution in [0.5, 0.6) is 0 Å². The van der Waals surface area contributed by atoms with Crippen LogP contribution in [0.25, 0.3) is 64.4 Å².